The molecule has 2 rings (SSSR count). The summed E-state index contributed by atoms with van der Waals surface area (Å²) in [6.45, 7) is 4.39. The van der Waals surface area contributed by atoms with Crippen LogP contribution in [0.5, 0.6) is 0 Å². The monoisotopic (exact) mass is 198 g/mol. The Morgan fingerprint density at radius 1 is 1.54 bits per heavy atom. The van der Waals surface area contributed by atoms with Gasteiger partial charge in [-0.2, -0.15) is 9.36 Å². The van der Waals surface area contributed by atoms with Gasteiger partial charge in [0.15, 0.2) is 0 Å². The molecule has 0 spiro atoms. The maximum atomic E-state index is 5.44. The molecule has 72 valence electrons. The van der Waals surface area contributed by atoms with E-state index in [9.17, 15) is 0 Å². The van der Waals surface area contributed by atoms with Gasteiger partial charge < -0.3 is 11.1 Å². The Labute approximate surface area is 81.7 Å². The molecule has 0 unspecified atom stereocenters. The molecule has 1 saturated carbocycles. The summed E-state index contributed by atoms with van der Waals surface area (Å²) in [5.41, 5.74) is 5.57. The van der Waals surface area contributed by atoms with Crippen LogP contribution in [0.3, 0.4) is 0 Å². The van der Waals surface area contributed by atoms with Crippen molar-refractivity contribution in [1.29, 1.82) is 0 Å². The van der Waals surface area contributed by atoms with Crippen molar-refractivity contribution in [3.63, 3.8) is 0 Å². The summed E-state index contributed by atoms with van der Waals surface area (Å²) in [4.78, 5) is 4.08. The zero-order valence-corrected chi connectivity index (χ0v) is 8.69. The second-order valence-corrected chi connectivity index (χ2v) is 4.83. The Morgan fingerprint density at radius 2 is 2.23 bits per heavy atom. The van der Waals surface area contributed by atoms with E-state index >= 15 is 0 Å². The van der Waals surface area contributed by atoms with Crippen LogP contribution < -0.4 is 11.1 Å². The fourth-order valence-corrected chi connectivity index (χ4v) is 2.13. The normalized spacial score (nSPS) is 17.4. The van der Waals surface area contributed by atoms with Gasteiger partial charge in [0.2, 0.25) is 11.1 Å². The van der Waals surface area contributed by atoms with Crippen LogP contribution in [0.2, 0.25) is 0 Å². The van der Waals surface area contributed by atoms with E-state index in [0.717, 1.165) is 11.0 Å². The van der Waals surface area contributed by atoms with E-state index in [0.29, 0.717) is 5.95 Å². The van der Waals surface area contributed by atoms with Crippen LogP contribution in [0.15, 0.2) is 0 Å². The summed E-state index contributed by atoms with van der Waals surface area (Å²) in [5.74, 6) is 1.14. The summed E-state index contributed by atoms with van der Waals surface area (Å²) in [7, 11) is 0. The van der Waals surface area contributed by atoms with Crippen molar-refractivity contribution in [2.24, 2.45) is 5.92 Å². The first kappa shape index (κ1) is 8.74. The van der Waals surface area contributed by atoms with Crippen LogP contribution in [0.1, 0.15) is 26.7 Å². The van der Waals surface area contributed by atoms with E-state index in [-0.39, 0.29) is 5.54 Å². The third-order valence-electron chi connectivity index (χ3n) is 2.47. The molecule has 1 aliphatic rings. The van der Waals surface area contributed by atoms with Crippen molar-refractivity contribution in [2.45, 2.75) is 32.2 Å². The maximum absolute atomic E-state index is 5.44. The van der Waals surface area contributed by atoms with Crippen LogP contribution in [0.4, 0.5) is 11.1 Å². The number of nitrogens with one attached hydrogen (secondary N) is 1. The summed E-state index contributed by atoms with van der Waals surface area (Å²) in [6.07, 6.45) is 2.63. The van der Waals surface area contributed by atoms with Crippen molar-refractivity contribution in [3.8, 4) is 0 Å². The number of hydrogen-bond acceptors (Lipinski definition) is 5. The van der Waals surface area contributed by atoms with Crippen molar-refractivity contribution >= 4 is 22.6 Å². The molecular weight excluding hydrogens is 184 g/mol. The number of hydrogen-bond donors (Lipinski definition) is 2. The average molecular weight is 198 g/mol. The number of anilines is 2. The number of rotatable bonds is 3. The Bertz CT molecular complexity index is 303. The van der Waals surface area contributed by atoms with Crippen LogP contribution in [0, 0.1) is 5.92 Å². The smallest absolute Gasteiger partial charge is 0.233 e. The standard InChI is InChI=1S/C8H14N4S/c1-8(2,5-3-4-5)11-7-10-6(9)12-13-7/h5H,3-4H2,1-2H3,(H3,9,10,11,12). The molecule has 0 radical (unpaired) electrons. The van der Waals surface area contributed by atoms with E-state index in [1.807, 2.05) is 0 Å². The quantitative estimate of drug-likeness (QED) is 0.776. The molecule has 13 heavy (non-hydrogen) atoms. The van der Waals surface area contributed by atoms with E-state index in [2.05, 4.69) is 28.5 Å². The van der Waals surface area contributed by atoms with Crippen molar-refractivity contribution < 1.29 is 0 Å². The van der Waals surface area contributed by atoms with Gasteiger partial charge in [-0.3, -0.25) is 0 Å². The Kier molecular flexibility index (Phi) is 1.91. The molecule has 0 aromatic carbocycles. The molecule has 0 aliphatic heterocycles. The van der Waals surface area contributed by atoms with Gasteiger partial charge >= 0.3 is 0 Å². The minimum absolute atomic E-state index is 0.131. The summed E-state index contributed by atoms with van der Waals surface area (Å²) < 4.78 is 3.93. The zero-order chi connectivity index (χ0) is 9.47. The molecule has 0 bridgehead atoms. The molecule has 1 aromatic heterocycles. The lowest BCUT2D eigenvalue weighted by Gasteiger charge is -2.25. The van der Waals surface area contributed by atoms with Gasteiger partial charge in [-0.1, -0.05) is 0 Å². The average Bonchev–Trinajstić information content (AvgIpc) is 2.78. The number of nitrogens with two attached hydrogens (primary N) is 1. The molecule has 1 aliphatic carbocycles. The second-order valence-electron chi connectivity index (χ2n) is 4.08. The highest BCUT2D eigenvalue weighted by atomic mass is 32.1. The molecule has 1 aromatic rings. The van der Waals surface area contributed by atoms with Gasteiger partial charge in [0.25, 0.3) is 0 Å². The molecular formula is C8H14N4S. The Balaban J connectivity index is 2.04. The first-order valence-electron chi connectivity index (χ1n) is 4.45. The Hall–Kier alpha value is -0.840. The van der Waals surface area contributed by atoms with Gasteiger partial charge in [-0.15, -0.1) is 0 Å². The molecule has 0 amide bonds. The lowest BCUT2D eigenvalue weighted by Crippen LogP contribution is -2.33. The first-order chi connectivity index (χ1) is 6.08. The van der Waals surface area contributed by atoms with Crippen molar-refractivity contribution in [1.82, 2.24) is 9.36 Å². The zero-order valence-electron chi connectivity index (χ0n) is 7.87. The van der Waals surface area contributed by atoms with Gasteiger partial charge in [-0.25, -0.2) is 0 Å². The molecule has 4 nitrogen and oxygen atoms in total. The molecule has 0 saturated heterocycles. The van der Waals surface area contributed by atoms with Crippen LogP contribution in [0.25, 0.3) is 0 Å². The summed E-state index contributed by atoms with van der Waals surface area (Å²) in [5, 5.41) is 4.19. The minimum atomic E-state index is 0.131. The highest BCUT2D eigenvalue weighted by Crippen LogP contribution is 2.41. The fourth-order valence-electron chi connectivity index (χ4n) is 1.47. The van der Waals surface area contributed by atoms with Gasteiger partial charge in [-0.05, 0) is 32.6 Å². The highest BCUT2D eigenvalue weighted by molar-refractivity contribution is 7.09. The third-order valence-corrected chi connectivity index (χ3v) is 3.11. The Morgan fingerprint density at radius 3 is 2.69 bits per heavy atom. The van der Waals surface area contributed by atoms with E-state index in [1.165, 1.54) is 24.4 Å². The van der Waals surface area contributed by atoms with Gasteiger partial charge in [0, 0.05) is 17.1 Å². The highest BCUT2D eigenvalue weighted by Gasteiger charge is 2.38. The SMILES string of the molecule is CC(C)(Nc1nc(N)ns1)C1CC1. The number of nitrogen functional groups attached to an aromatic ring is 1. The lowest BCUT2D eigenvalue weighted by molar-refractivity contribution is 0.494. The van der Waals surface area contributed by atoms with E-state index in [4.69, 9.17) is 5.73 Å². The molecule has 1 heterocycles. The molecule has 1 fully saturated rings. The van der Waals surface area contributed by atoms with E-state index in [1.54, 1.807) is 0 Å². The predicted molar refractivity (Wildman–Crippen MR) is 54.7 cm³/mol. The van der Waals surface area contributed by atoms with Crippen molar-refractivity contribution in [2.75, 3.05) is 11.1 Å². The number of nitrogens with zero attached hydrogens (tertiary/aromatic N) is 2. The topological polar surface area (TPSA) is 63.8 Å². The van der Waals surface area contributed by atoms with Crippen molar-refractivity contribution in [3.05, 3.63) is 0 Å². The molecule has 5 heteroatoms. The molecule has 3 N–H and O–H groups in total. The van der Waals surface area contributed by atoms with Gasteiger partial charge in [0.1, 0.15) is 0 Å². The first-order valence-corrected chi connectivity index (χ1v) is 5.22. The van der Waals surface area contributed by atoms with E-state index < -0.39 is 0 Å². The van der Waals surface area contributed by atoms with Gasteiger partial charge in [0.05, 0.1) is 0 Å². The minimum Gasteiger partial charge on any atom is -0.367 e. The van der Waals surface area contributed by atoms with Crippen LogP contribution >= 0.6 is 11.5 Å². The predicted octanol–water partition coefficient (Wildman–Crippen LogP) is 1.72. The summed E-state index contributed by atoms with van der Waals surface area (Å²) in [6, 6.07) is 0. The summed E-state index contributed by atoms with van der Waals surface area (Å²) >= 11 is 1.32. The molecule has 0 atom stereocenters. The lowest BCUT2D eigenvalue weighted by atomic mass is 9.99. The van der Waals surface area contributed by atoms with Crippen LogP contribution in [-0.2, 0) is 0 Å². The largest absolute Gasteiger partial charge is 0.367 e. The van der Waals surface area contributed by atoms with Crippen LogP contribution in [-0.4, -0.2) is 14.9 Å². The fraction of sp³-hybridized carbons (Fsp3) is 0.750. The number of aromatic nitrogens is 2. The second kappa shape index (κ2) is 2.83. The third kappa shape index (κ3) is 1.91. The maximum Gasteiger partial charge on any atom is 0.233 e.